The number of amides is 1. The minimum Gasteiger partial charge on any atom is -0.466 e. The molecule has 0 N–H and O–H groups in total. The summed E-state index contributed by atoms with van der Waals surface area (Å²) in [4.78, 5) is 28.5. The fourth-order valence-electron chi connectivity index (χ4n) is 3.24. The molecule has 0 unspecified atom stereocenters. The van der Waals surface area contributed by atoms with Crippen molar-refractivity contribution in [2.45, 2.75) is 46.2 Å². The van der Waals surface area contributed by atoms with Crippen LogP contribution in [0.15, 0.2) is 24.3 Å². The van der Waals surface area contributed by atoms with Gasteiger partial charge in [-0.3, -0.25) is 14.5 Å². The van der Waals surface area contributed by atoms with Crippen LogP contribution in [0, 0.1) is 17.2 Å². The second-order valence-corrected chi connectivity index (χ2v) is 7.21. The first-order chi connectivity index (χ1) is 12.9. The first-order valence-electron chi connectivity index (χ1n) is 9.62. The van der Waals surface area contributed by atoms with Crippen molar-refractivity contribution in [1.82, 2.24) is 9.80 Å². The van der Waals surface area contributed by atoms with E-state index in [1.807, 2.05) is 24.0 Å². The van der Waals surface area contributed by atoms with Crippen LogP contribution in [0.4, 0.5) is 0 Å². The number of nitrogens with zero attached hydrogens (tertiary/aromatic N) is 3. The Morgan fingerprint density at radius 1 is 1.26 bits per heavy atom. The van der Waals surface area contributed by atoms with E-state index in [-0.39, 0.29) is 23.8 Å². The summed E-state index contributed by atoms with van der Waals surface area (Å²) in [5.74, 6) is -0.136. The van der Waals surface area contributed by atoms with E-state index in [1.54, 1.807) is 12.1 Å². The van der Waals surface area contributed by atoms with Gasteiger partial charge in [-0.25, -0.2) is 0 Å². The quantitative estimate of drug-likeness (QED) is 0.689. The monoisotopic (exact) mass is 371 g/mol. The Balaban J connectivity index is 1.89. The molecule has 1 saturated heterocycles. The number of carbonyl (C=O) groups is 2. The Kier molecular flexibility index (Phi) is 7.81. The molecule has 1 fully saturated rings. The molecule has 0 bridgehead atoms. The number of hydrogen-bond donors (Lipinski definition) is 0. The van der Waals surface area contributed by atoms with Crippen molar-refractivity contribution in [2.75, 3.05) is 26.2 Å². The van der Waals surface area contributed by atoms with Gasteiger partial charge in [0.15, 0.2) is 0 Å². The van der Waals surface area contributed by atoms with Crippen LogP contribution in [0.3, 0.4) is 0 Å². The highest BCUT2D eigenvalue weighted by molar-refractivity contribution is 5.79. The van der Waals surface area contributed by atoms with Crippen molar-refractivity contribution in [2.24, 2.45) is 5.92 Å². The van der Waals surface area contributed by atoms with E-state index in [2.05, 4.69) is 24.8 Å². The van der Waals surface area contributed by atoms with E-state index < -0.39 is 0 Å². The topological polar surface area (TPSA) is 73.6 Å². The predicted molar refractivity (Wildman–Crippen MR) is 103 cm³/mol. The summed E-state index contributed by atoms with van der Waals surface area (Å²) in [5, 5.41) is 8.91. The molecule has 0 spiro atoms. The van der Waals surface area contributed by atoms with Crippen LogP contribution in [0.25, 0.3) is 0 Å². The highest BCUT2D eigenvalue weighted by Crippen LogP contribution is 2.19. The molecule has 6 heteroatoms. The molecule has 1 aromatic carbocycles. The Labute approximate surface area is 161 Å². The van der Waals surface area contributed by atoms with Crippen molar-refractivity contribution < 1.29 is 14.3 Å². The summed E-state index contributed by atoms with van der Waals surface area (Å²) in [5.41, 5.74) is 1.71. The van der Waals surface area contributed by atoms with Crippen LogP contribution in [0.1, 0.15) is 44.7 Å². The van der Waals surface area contributed by atoms with Crippen LogP contribution < -0.4 is 0 Å². The minimum atomic E-state index is -0.144. The third-order valence-electron chi connectivity index (χ3n) is 5.00. The maximum absolute atomic E-state index is 12.7. The Hall–Kier alpha value is -2.39. The molecule has 1 aromatic rings. The Morgan fingerprint density at radius 3 is 2.41 bits per heavy atom. The molecule has 0 radical (unpaired) electrons. The zero-order valence-corrected chi connectivity index (χ0v) is 16.5. The number of hydrogen-bond acceptors (Lipinski definition) is 5. The van der Waals surface area contributed by atoms with Crippen LogP contribution in [0.5, 0.6) is 0 Å². The molecule has 1 amide bonds. The van der Waals surface area contributed by atoms with Gasteiger partial charge in [0.1, 0.15) is 0 Å². The molecule has 146 valence electrons. The molecular weight excluding hydrogens is 342 g/mol. The van der Waals surface area contributed by atoms with Gasteiger partial charge in [-0.05, 0) is 51.3 Å². The number of nitriles is 1. The lowest BCUT2D eigenvalue weighted by atomic mass is 9.97. The zero-order valence-electron chi connectivity index (χ0n) is 16.5. The van der Waals surface area contributed by atoms with Gasteiger partial charge in [0.2, 0.25) is 5.91 Å². The number of piperidine rings is 1. The van der Waals surface area contributed by atoms with E-state index in [1.165, 1.54) is 0 Å². The molecular formula is C21H29N3O3. The highest BCUT2D eigenvalue weighted by Gasteiger charge is 2.29. The lowest BCUT2D eigenvalue weighted by Gasteiger charge is -2.34. The largest absolute Gasteiger partial charge is 0.466 e. The van der Waals surface area contributed by atoms with Gasteiger partial charge >= 0.3 is 5.97 Å². The fraction of sp³-hybridized carbons (Fsp3) is 0.571. The zero-order chi connectivity index (χ0) is 19.8. The summed E-state index contributed by atoms with van der Waals surface area (Å²) in [7, 11) is 0. The third kappa shape index (κ3) is 6.07. The normalized spacial score (nSPS) is 15.0. The molecule has 27 heavy (non-hydrogen) atoms. The standard InChI is InChI=1S/C21H29N3O3/c1-4-27-21(26)19-9-11-23(12-10-19)20(25)15-24(16(2)3)14-18-7-5-17(13-22)6-8-18/h5-8,16,19H,4,9-12,14-15H2,1-3H3. The second kappa shape index (κ2) is 10.1. The van der Waals surface area contributed by atoms with Crippen molar-refractivity contribution >= 4 is 11.9 Å². The molecule has 2 rings (SSSR count). The lowest BCUT2D eigenvalue weighted by Crippen LogP contribution is -2.46. The number of esters is 1. The summed E-state index contributed by atoms with van der Waals surface area (Å²) >= 11 is 0. The molecule has 1 aliphatic heterocycles. The van der Waals surface area contributed by atoms with E-state index in [0.29, 0.717) is 51.2 Å². The van der Waals surface area contributed by atoms with Gasteiger partial charge in [-0.1, -0.05) is 12.1 Å². The second-order valence-electron chi connectivity index (χ2n) is 7.21. The van der Waals surface area contributed by atoms with Crippen molar-refractivity contribution in [3.05, 3.63) is 35.4 Å². The third-order valence-corrected chi connectivity index (χ3v) is 5.00. The fourth-order valence-corrected chi connectivity index (χ4v) is 3.24. The molecule has 1 heterocycles. The van der Waals surface area contributed by atoms with E-state index >= 15 is 0 Å². The lowest BCUT2D eigenvalue weighted by molar-refractivity contribution is -0.151. The summed E-state index contributed by atoms with van der Waals surface area (Å²) < 4.78 is 5.09. The minimum absolute atomic E-state index is 0.0890. The number of carbonyl (C=O) groups excluding carboxylic acids is 2. The SMILES string of the molecule is CCOC(=O)C1CCN(C(=O)CN(Cc2ccc(C#N)cc2)C(C)C)CC1. The van der Waals surface area contributed by atoms with Crippen LogP contribution >= 0.6 is 0 Å². The van der Waals surface area contributed by atoms with E-state index in [9.17, 15) is 9.59 Å². The van der Waals surface area contributed by atoms with Crippen molar-refractivity contribution in [3.8, 4) is 6.07 Å². The summed E-state index contributed by atoms with van der Waals surface area (Å²) in [6, 6.07) is 9.81. The van der Waals surface area contributed by atoms with Gasteiger partial charge in [-0.15, -0.1) is 0 Å². The number of likely N-dealkylation sites (tertiary alicyclic amines) is 1. The van der Waals surface area contributed by atoms with Crippen LogP contribution in [0.2, 0.25) is 0 Å². The first kappa shape index (κ1) is 20.9. The van der Waals surface area contributed by atoms with Crippen LogP contribution in [-0.4, -0.2) is 54.0 Å². The van der Waals surface area contributed by atoms with Gasteiger partial charge in [0.25, 0.3) is 0 Å². The van der Waals surface area contributed by atoms with Crippen LogP contribution in [-0.2, 0) is 20.9 Å². The van der Waals surface area contributed by atoms with E-state index in [0.717, 1.165) is 5.56 Å². The van der Waals surface area contributed by atoms with Crippen molar-refractivity contribution in [1.29, 1.82) is 5.26 Å². The first-order valence-corrected chi connectivity index (χ1v) is 9.62. The molecule has 1 aliphatic rings. The molecule has 6 nitrogen and oxygen atoms in total. The van der Waals surface area contributed by atoms with Gasteiger partial charge < -0.3 is 9.64 Å². The number of ether oxygens (including phenoxy) is 1. The van der Waals surface area contributed by atoms with Gasteiger partial charge in [-0.2, -0.15) is 5.26 Å². The van der Waals surface area contributed by atoms with Gasteiger partial charge in [0.05, 0.1) is 30.7 Å². The highest BCUT2D eigenvalue weighted by atomic mass is 16.5. The smallest absolute Gasteiger partial charge is 0.309 e. The average Bonchev–Trinajstić information content (AvgIpc) is 2.68. The summed E-state index contributed by atoms with van der Waals surface area (Å²) in [6.45, 7) is 8.57. The van der Waals surface area contributed by atoms with Gasteiger partial charge in [0, 0.05) is 25.7 Å². The summed E-state index contributed by atoms with van der Waals surface area (Å²) in [6.07, 6.45) is 1.34. The predicted octanol–water partition coefficient (Wildman–Crippen LogP) is 2.57. The molecule has 0 aromatic heterocycles. The maximum atomic E-state index is 12.7. The number of benzene rings is 1. The maximum Gasteiger partial charge on any atom is 0.309 e. The molecule has 0 atom stereocenters. The van der Waals surface area contributed by atoms with E-state index in [4.69, 9.17) is 10.00 Å². The Bertz CT molecular complexity index is 671. The number of rotatable bonds is 7. The molecule has 0 saturated carbocycles. The Morgan fingerprint density at radius 2 is 1.89 bits per heavy atom. The van der Waals surface area contributed by atoms with Crippen molar-refractivity contribution in [3.63, 3.8) is 0 Å². The molecule has 0 aliphatic carbocycles. The average molecular weight is 371 g/mol.